The highest BCUT2D eigenvalue weighted by Crippen LogP contribution is 2.27. The standard InChI is InChI=1S/C27H24N6O3/c1-35-20-16-14-19(15-17-20)26-29-24(36-33-26)13-7-12-23(34)28-22-11-6-5-10-21(22)27-30-25(31-32-27)18-8-3-2-4-9-18/h2-6,8-11,14-17H,7,12-13H2,1H3,(H,28,34)(H,30,31,32). The highest BCUT2D eigenvalue weighted by atomic mass is 16.5. The molecule has 180 valence electrons. The maximum absolute atomic E-state index is 12.7. The Hall–Kier alpha value is -4.79. The number of aromatic nitrogens is 5. The van der Waals surface area contributed by atoms with E-state index in [9.17, 15) is 4.79 Å². The smallest absolute Gasteiger partial charge is 0.226 e. The van der Waals surface area contributed by atoms with Gasteiger partial charge in [0.1, 0.15) is 5.75 Å². The molecular formula is C27H24N6O3. The Balaban J connectivity index is 1.18. The molecule has 0 fully saturated rings. The maximum atomic E-state index is 12.7. The summed E-state index contributed by atoms with van der Waals surface area (Å²) in [6.07, 6.45) is 1.37. The number of hydrogen-bond donors (Lipinski definition) is 2. The number of ether oxygens (including phenoxy) is 1. The zero-order valence-corrected chi connectivity index (χ0v) is 19.6. The summed E-state index contributed by atoms with van der Waals surface area (Å²) in [7, 11) is 1.62. The van der Waals surface area contributed by atoms with Crippen molar-refractivity contribution in [2.45, 2.75) is 19.3 Å². The fourth-order valence-corrected chi connectivity index (χ4v) is 3.72. The first-order valence-corrected chi connectivity index (χ1v) is 11.5. The molecule has 0 aliphatic heterocycles. The van der Waals surface area contributed by atoms with Crippen molar-refractivity contribution in [3.63, 3.8) is 0 Å². The van der Waals surface area contributed by atoms with Crippen LogP contribution in [-0.4, -0.2) is 38.3 Å². The number of carbonyl (C=O) groups excluding carboxylic acids is 1. The second kappa shape index (κ2) is 10.6. The van der Waals surface area contributed by atoms with E-state index in [0.29, 0.717) is 48.3 Å². The topological polar surface area (TPSA) is 119 Å². The second-order valence-electron chi connectivity index (χ2n) is 8.06. The summed E-state index contributed by atoms with van der Waals surface area (Å²) in [5, 5.41) is 14.3. The van der Waals surface area contributed by atoms with Crippen molar-refractivity contribution >= 4 is 11.6 Å². The van der Waals surface area contributed by atoms with Gasteiger partial charge in [-0.2, -0.15) is 10.1 Å². The predicted molar refractivity (Wildman–Crippen MR) is 135 cm³/mol. The summed E-state index contributed by atoms with van der Waals surface area (Å²) < 4.78 is 10.5. The van der Waals surface area contributed by atoms with E-state index in [1.165, 1.54) is 0 Å². The minimum atomic E-state index is -0.111. The first-order valence-electron chi connectivity index (χ1n) is 11.5. The number of amides is 1. The van der Waals surface area contributed by atoms with Gasteiger partial charge in [0.25, 0.3) is 0 Å². The normalized spacial score (nSPS) is 10.8. The van der Waals surface area contributed by atoms with Crippen LogP contribution in [0.5, 0.6) is 5.75 Å². The van der Waals surface area contributed by atoms with Crippen molar-refractivity contribution in [2.75, 3.05) is 12.4 Å². The van der Waals surface area contributed by atoms with Crippen LogP contribution in [0.25, 0.3) is 34.2 Å². The molecule has 5 rings (SSSR count). The van der Waals surface area contributed by atoms with Crippen LogP contribution in [0, 0.1) is 0 Å². The van der Waals surface area contributed by atoms with Crippen molar-refractivity contribution in [1.82, 2.24) is 25.3 Å². The monoisotopic (exact) mass is 480 g/mol. The minimum Gasteiger partial charge on any atom is -0.497 e. The van der Waals surface area contributed by atoms with Crippen LogP contribution in [-0.2, 0) is 11.2 Å². The second-order valence-corrected chi connectivity index (χ2v) is 8.06. The fraction of sp³-hybridized carbons (Fsp3) is 0.148. The van der Waals surface area contributed by atoms with Gasteiger partial charge in [-0.25, -0.2) is 4.98 Å². The van der Waals surface area contributed by atoms with Crippen molar-refractivity contribution in [3.8, 4) is 39.9 Å². The molecule has 0 bridgehead atoms. The van der Waals surface area contributed by atoms with E-state index < -0.39 is 0 Å². The van der Waals surface area contributed by atoms with E-state index in [1.807, 2.05) is 78.9 Å². The molecule has 1 amide bonds. The average Bonchev–Trinajstić information content (AvgIpc) is 3.60. The van der Waals surface area contributed by atoms with Gasteiger partial charge in [0, 0.05) is 29.5 Å². The molecule has 0 spiro atoms. The molecule has 2 N–H and O–H groups in total. The minimum absolute atomic E-state index is 0.111. The first-order chi connectivity index (χ1) is 17.7. The molecule has 0 unspecified atom stereocenters. The van der Waals surface area contributed by atoms with E-state index in [2.05, 4.69) is 30.6 Å². The van der Waals surface area contributed by atoms with E-state index in [4.69, 9.17) is 9.26 Å². The Morgan fingerprint density at radius 1 is 0.917 bits per heavy atom. The van der Waals surface area contributed by atoms with Gasteiger partial charge in [-0.05, 0) is 42.8 Å². The van der Waals surface area contributed by atoms with Gasteiger partial charge in [-0.1, -0.05) is 47.6 Å². The number of hydrogen-bond acceptors (Lipinski definition) is 7. The predicted octanol–water partition coefficient (Wildman–Crippen LogP) is 5.16. The van der Waals surface area contributed by atoms with Crippen LogP contribution in [0.15, 0.2) is 83.4 Å². The molecule has 2 aromatic heterocycles. The van der Waals surface area contributed by atoms with Gasteiger partial charge in [-0.3, -0.25) is 9.89 Å². The summed E-state index contributed by atoms with van der Waals surface area (Å²) in [6.45, 7) is 0. The fourth-order valence-electron chi connectivity index (χ4n) is 3.72. The Morgan fingerprint density at radius 2 is 1.67 bits per heavy atom. The molecule has 36 heavy (non-hydrogen) atoms. The van der Waals surface area contributed by atoms with Crippen LogP contribution in [0.1, 0.15) is 18.7 Å². The summed E-state index contributed by atoms with van der Waals surface area (Å²) in [5.74, 6) is 2.83. The number of anilines is 1. The number of H-pyrrole nitrogens is 1. The molecule has 0 atom stereocenters. The molecule has 2 heterocycles. The molecule has 0 aliphatic carbocycles. The first kappa shape index (κ1) is 23.0. The number of rotatable bonds is 9. The van der Waals surface area contributed by atoms with Crippen molar-refractivity contribution in [2.24, 2.45) is 0 Å². The molecule has 3 aromatic carbocycles. The lowest BCUT2D eigenvalue weighted by Crippen LogP contribution is -2.12. The van der Waals surface area contributed by atoms with Crippen molar-refractivity contribution in [1.29, 1.82) is 0 Å². The van der Waals surface area contributed by atoms with Crippen LogP contribution in [0.4, 0.5) is 5.69 Å². The van der Waals surface area contributed by atoms with Crippen LogP contribution in [0.3, 0.4) is 0 Å². The number of nitrogens with zero attached hydrogens (tertiary/aromatic N) is 4. The van der Waals surface area contributed by atoms with Crippen molar-refractivity contribution in [3.05, 3.63) is 84.8 Å². The summed E-state index contributed by atoms with van der Waals surface area (Å²) in [6, 6.07) is 24.6. The molecule has 5 aromatic rings. The van der Waals surface area contributed by atoms with E-state index in [-0.39, 0.29) is 5.91 Å². The summed E-state index contributed by atoms with van der Waals surface area (Å²) in [4.78, 5) is 21.7. The van der Waals surface area contributed by atoms with E-state index >= 15 is 0 Å². The lowest BCUT2D eigenvalue weighted by atomic mass is 10.1. The van der Waals surface area contributed by atoms with Gasteiger partial charge in [0.15, 0.2) is 11.6 Å². The van der Waals surface area contributed by atoms with Crippen molar-refractivity contribution < 1.29 is 14.1 Å². The number of para-hydroxylation sites is 1. The maximum Gasteiger partial charge on any atom is 0.226 e. The zero-order valence-electron chi connectivity index (χ0n) is 19.6. The Bertz CT molecular complexity index is 1440. The molecule has 0 aliphatic rings. The number of aromatic amines is 1. The van der Waals surface area contributed by atoms with E-state index in [1.54, 1.807) is 7.11 Å². The number of aryl methyl sites for hydroxylation is 1. The van der Waals surface area contributed by atoms with Gasteiger partial charge in [0.2, 0.25) is 17.6 Å². The van der Waals surface area contributed by atoms with Crippen LogP contribution < -0.4 is 10.1 Å². The SMILES string of the molecule is COc1ccc(-c2noc(CCCC(=O)Nc3ccccc3-c3nc(-c4ccccc4)n[nH]3)n2)cc1. The largest absolute Gasteiger partial charge is 0.497 e. The highest BCUT2D eigenvalue weighted by Gasteiger charge is 2.14. The molecule has 0 saturated carbocycles. The van der Waals surface area contributed by atoms with Crippen LogP contribution in [0.2, 0.25) is 0 Å². The summed E-state index contributed by atoms with van der Waals surface area (Å²) in [5.41, 5.74) is 3.18. The van der Waals surface area contributed by atoms with Gasteiger partial charge >= 0.3 is 0 Å². The average molecular weight is 481 g/mol. The number of benzene rings is 3. The third-order valence-electron chi connectivity index (χ3n) is 5.58. The Labute approximate surface area is 207 Å². The van der Waals surface area contributed by atoms with Gasteiger partial charge < -0.3 is 14.6 Å². The van der Waals surface area contributed by atoms with E-state index in [0.717, 1.165) is 22.4 Å². The lowest BCUT2D eigenvalue weighted by Gasteiger charge is -2.09. The third kappa shape index (κ3) is 5.30. The molecule has 0 saturated heterocycles. The number of methoxy groups -OCH3 is 1. The molecule has 0 radical (unpaired) electrons. The third-order valence-corrected chi connectivity index (χ3v) is 5.58. The summed E-state index contributed by atoms with van der Waals surface area (Å²) >= 11 is 0. The number of nitrogens with one attached hydrogen (secondary N) is 2. The molecular weight excluding hydrogens is 456 g/mol. The lowest BCUT2D eigenvalue weighted by molar-refractivity contribution is -0.116. The zero-order chi connectivity index (χ0) is 24.7. The molecule has 9 heteroatoms. The highest BCUT2D eigenvalue weighted by molar-refractivity contribution is 5.94. The quantitative estimate of drug-likeness (QED) is 0.299. The Morgan fingerprint density at radius 3 is 2.47 bits per heavy atom. The Kier molecular flexibility index (Phi) is 6.79. The number of carbonyl (C=O) groups is 1. The van der Waals surface area contributed by atoms with Gasteiger partial charge in [-0.15, -0.1) is 0 Å². The van der Waals surface area contributed by atoms with Crippen LogP contribution >= 0.6 is 0 Å². The van der Waals surface area contributed by atoms with Gasteiger partial charge in [0.05, 0.1) is 12.8 Å². The molecule has 9 nitrogen and oxygen atoms in total.